The molecule has 0 N–H and O–H groups in total. The fraction of sp³-hybridized carbons (Fsp3) is 0.167. The smallest absolute Gasteiger partial charge is 0.157 e. The molecule has 0 radical (unpaired) electrons. The van der Waals surface area contributed by atoms with Gasteiger partial charge in [0, 0.05) is 18.0 Å². The lowest BCUT2D eigenvalue weighted by Gasteiger charge is -1.99. The summed E-state index contributed by atoms with van der Waals surface area (Å²) in [6.45, 7) is 0.532. The highest BCUT2D eigenvalue weighted by Crippen LogP contribution is 2.06. The molecule has 0 aliphatic carbocycles. The minimum Gasteiger partial charge on any atom is -0.269 e. The molecule has 0 aromatic rings. The minimum atomic E-state index is 0.532. The van der Waals surface area contributed by atoms with Crippen LogP contribution in [0.25, 0.3) is 0 Å². The third kappa shape index (κ3) is 0.614. The van der Waals surface area contributed by atoms with E-state index in [9.17, 15) is 0 Å². The normalized spacial score (nSPS) is 21.3. The van der Waals surface area contributed by atoms with Crippen LogP contribution < -0.4 is 0 Å². The third-order valence-electron chi connectivity index (χ3n) is 1.24. The molecular weight excluding hydrogens is 114 g/mol. The van der Waals surface area contributed by atoms with Gasteiger partial charge in [-0.3, -0.25) is 4.99 Å². The summed E-state index contributed by atoms with van der Waals surface area (Å²) in [4.78, 5) is 12.0. The van der Waals surface area contributed by atoms with Gasteiger partial charge in [0.05, 0.1) is 0 Å². The second kappa shape index (κ2) is 1.62. The molecule has 3 nitrogen and oxygen atoms in total. The first-order valence-electron chi connectivity index (χ1n) is 2.76. The van der Waals surface area contributed by atoms with Crippen molar-refractivity contribution in [1.29, 1.82) is 0 Å². The summed E-state index contributed by atoms with van der Waals surface area (Å²) in [5, 5.41) is 0. The molecule has 2 aliphatic rings. The molecule has 44 valence electrons. The van der Waals surface area contributed by atoms with Crippen LogP contribution in [0.5, 0.6) is 0 Å². The fourth-order valence-corrected chi connectivity index (χ4v) is 0.817. The van der Waals surface area contributed by atoms with Crippen molar-refractivity contribution in [3.8, 4) is 0 Å². The Bertz CT molecular complexity index is 245. The summed E-state index contributed by atoms with van der Waals surface area (Å²) in [6.07, 6.45) is 5.45. The van der Waals surface area contributed by atoms with Gasteiger partial charge in [-0.25, -0.2) is 9.98 Å². The highest BCUT2D eigenvalue weighted by atomic mass is 15.0. The zero-order valence-corrected chi connectivity index (χ0v) is 4.78. The molecule has 9 heavy (non-hydrogen) atoms. The fourth-order valence-electron chi connectivity index (χ4n) is 0.817. The monoisotopic (exact) mass is 119 g/mol. The summed E-state index contributed by atoms with van der Waals surface area (Å²) in [5.74, 6) is 0.824. The van der Waals surface area contributed by atoms with Crippen molar-refractivity contribution in [2.75, 3.05) is 6.67 Å². The molecule has 3 heteroatoms. The third-order valence-corrected chi connectivity index (χ3v) is 1.24. The zero-order valence-electron chi connectivity index (χ0n) is 4.78. The number of hydrogen-bond donors (Lipinski definition) is 0. The van der Waals surface area contributed by atoms with Gasteiger partial charge < -0.3 is 0 Å². The Kier molecular flexibility index (Phi) is 0.828. The van der Waals surface area contributed by atoms with Gasteiger partial charge in [-0.2, -0.15) is 0 Å². The summed E-state index contributed by atoms with van der Waals surface area (Å²) < 4.78 is 0. The Hall–Kier alpha value is -1.25. The number of hydrogen-bond acceptors (Lipinski definition) is 3. The standard InChI is InChI=1S/C6H5N3/c1-2-8-6-5(1)3-7-4-9-6/h1-3H,4H2. The van der Waals surface area contributed by atoms with Crippen molar-refractivity contribution in [3.63, 3.8) is 0 Å². The number of nitrogens with zero attached hydrogens (tertiary/aromatic N) is 3. The van der Waals surface area contributed by atoms with Crippen LogP contribution in [-0.2, 0) is 0 Å². The topological polar surface area (TPSA) is 37.1 Å². The molecule has 2 aliphatic heterocycles. The first-order chi connectivity index (χ1) is 4.47. The molecule has 0 bridgehead atoms. The minimum absolute atomic E-state index is 0.532. The largest absolute Gasteiger partial charge is 0.269 e. The van der Waals surface area contributed by atoms with Crippen LogP contribution in [0.2, 0.25) is 0 Å². The van der Waals surface area contributed by atoms with Crippen molar-refractivity contribution < 1.29 is 0 Å². The van der Waals surface area contributed by atoms with Gasteiger partial charge in [0.2, 0.25) is 0 Å². The first kappa shape index (κ1) is 4.61. The van der Waals surface area contributed by atoms with Gasteiger partial charge in [-0.05, 0) is 6.08 Å². The van der Waals surface area contributed by atoms with E-state index in [4.69, 9.17) is 0 Å². The molecule has 0 amide bonds. The number of aliphatic imine (C=N–C) groups is 3. The Labute approximate surface area is 52.5 Å². The molecule has 2 rings (SSSR count). The molecule has 0 fully saturated rings. The quantitative estimate of drug-likeness (QED) is 0.443. The zero-order chi connectivity index (χ0) is 6.10. The first-order valence-corrected chi connectivity index (χ1v) is 2.76. The van der Waals surface area contributed by atoms with Gasteiger partial charge >= 0.3 is 0 Å². The Balaban J connectivity index is 2.46. The lowest BCUT2D eigenvalue weighted by atomic mass is 10.3. The highest BCUT2D eigenvalue weighted by molar-refractivity contribution is 6.23. The van der Waals surface area contributed by atoms with Crippen LogP contribution >= 0.6 is 0 Å². The van der Waals surface area contributed by atoms with E-state index < -0.39 is 0 Å². The molecule has 0 unspecified atom stereocenters. The van der Waals surface area contributed by atoms with Crippen molar-refractivity contribution in [3.05, 3.63) is 11.6 Å². The summed E-state index contributed by atoms with van der Waals surface area (Å²) in [7, 11) is 0. The van der Waals surface area contributed by atoms with Crippen molar-refractivity contribution in [2.24, 2.45) is 15.0 Å². The van der Waals surface area contributed by atoms with E-state index >= 15 is 0 Å². The maximum Gasteiger partial charge on any atom is 0.157 e. The van der Waals surface area contributed by atoms with Crippen LogP contribution in [0.15, 0.2) is 26.6 Å². The molecule has 2 heterocycles. The second-order valence-corrected chi connectivity index (χ2v) is 1.83. The SMILES string of the molecule is C1=NCN=C2N=CC=C12. The van der Waals surface area contributed by atoms with Gasteiger partial charge in [-0.1, -0.05) is 0 Å². The van der Waals surface area contributed by atoms with E-state index in [1.165, 1.54) is 0 Å². The van der Waals surface area contributed by atoms with Gasteiger partial charge in [0.25, 0.3) is 0 Å². The van der Waals surface area contributed by atoms with Crippen LogP contribution in [-0.4, -0.2) is 24.9 Å². The van der Waals surface area contributed by atoms with E-state index in [1.807, 2.05) is 6.08 Å². The molecule has 0 saturated heterocycles. The molecule has 0 saturated carbocycles. The molecule has 0 spiro atoms. The summed E-state index contributed by atoms with van der Waals surface area (Å²) >= 11 is 0. The van der Waals surface area contributed by atoms with Crippen LogP contribution in [0.1, 0.15) is 0 Å². The van der Waals surface area contributed by atoms with Crippen LogP contribution in [0.4, 0.5) is 0 Å². The number of fused-ring (bicyclic) bond motifs is 1. The molecule has 0 aromatic carbocycles. The Morgan fingerprint density at radius 1 is 1.44 bits per heavy atom. The van der Waals surface area contributed by atoms with Gasteiger partial charge in [0.15, 0.2) is 5.84 Å². The second-order valence-electron chi connectivity index (χ2n) is 1.83. The van der Waals surface area contributed by atoms with Gasteiger partial charge in [-0.15, -0.1) is 0 Å². The van der Waals surface area contributed by atoms with Crippen LogP contribution in [0.3, 0.4) is 0 Å². The summed E-state index contributed by atoms with van der Waals surface area (Å²) in [5.41, 5.74) is 1.03. The predicted molar refractivity (Wildman–Crippen MR) is 37.4 cm³/mol. The number of amidine groups is 1. The van der Waals surface area contributed by atoms with Crippen LogP contribution in [0, 0.1) is 0 Å². The number of rotatable bonds is 0. The van der Waals surface area contributed by atoms with E-state index in [0.717, 1.165) is 11.4 Å². The van der Waals surface area contributed by atoms with Crippen molar-refractivity contribution in [1.82, 2.24) is 0 Å². The summed E-state index contributed by atoms with van der Waals surface area (Å²) in [6, 6.07) is 0. The highest BCUT2D eigenvalue weighted by Gasteiger charge is 2.08. The molecule has 0 aromatic heterocycles. The van der Waals surface area contributed by atoms with E-state index in [1.54, 1.807) is 12.4 Å². The predicted octanol–water partition coefficient (Wildman–Crippen LogP) is 0.438. The average molecular weight is 119 g/mol. The van der Waals surface area contributed by atoms with E-state index in [0.29, 0.717) is 6.67 Å². The van der Waals surface area contributed by atoms with Gasteiger partial charge in [0.1, 0.15) is 6.67 Å². The Morgan fingerprint density at radius 2 is 2.44 bits per heavy atom. The Morgan fingerprint density at radius 3 is 3.33 bits per heavy atom. The molecular formula is C6H5N3. The van der Waals surface area contributed by atoms with E-state index in [2.05, 4.69) is 15.0 Å². The maximum absolute atomic E-state index is 4.04. The number of allylic oxidation sites excluding steroid dienone is 1. The lowest BCUT2D eigenvalue weighted by Crippen LogP contribution is -2.02. The maximum atomic E-state index is 4.04. The molecule has 0 atom stereocenters. The van der Waals surface area contributed by atoms with Crippen molar-refractivity contribution in [2.45, 2.75) is 0 Å². The average Bonchev–Trinajstić information content (AvgIpc) is 2.33. The lowest BCUT2D eigenvalue weighted by molar-refractivity contribution is 1.06. The van der Waals surface area contributed by atoms with Crippen molar-refractivity contribution >= 4 is 18.3 Å². The van der Waals surface area contributed by atoms with E-state index in [-0.39, 0.29) is 0 Å².